The van der Waals surface area contributed by atoms with E-state index in [2.05, 4.69) is 26.6 Å². The number of hydrogen-bond donors (Lipinski definition) is 5. The molecule has 5 N–H and O–H groups in total. The van der Waals surface area contributed by atoms with Gasteiger partial charge in [0.25, 0.3) is 0 Å². The molecule has 1 heterocycles. The summed E-state index contributed by atoms with van der Waals surface area (Å²) >= 11 is 6.33. The predicted octanol–water partition coefficient (Wildman–Crippen LogP) is 2.23. The molecule has 1 aliphatic rings. The van der Waals surface area contributed by atoms with Crippen molar-refractivity contribution in [2.24, 2.45) is 11.8 Å². The van der Waals surface area contributed by atoms with Crippen LogP contribution < -0.4 is 26.6 Å². The van der Waals surface area contributed by atoms with E-state index in [-0.39, 0.29) is 17.7 Å². The second-order valence-electron chi connectivity index (χ2n) is 10.7. The first-order valence-corrected chi connectivity index (χ1v) is 14.3. The minimum Gasteiger partial charge on any atom is -0.467 e. The molecule has 41 heavy (non-hydrogen) atoms. The van der Waals surface area contributed by atoms with E-state index in [0.717, 1.165) is 5.56 Å². The average Bonchev–Trinajstić information content (AvgIpc) is 2.92. The van der Waals surface area contributed by atoms with Gasteiger partial charge in [0.2, 0.25) is 17.7 Å². The molecule has 1 aliphatic heterocycles. The fourth-order valence-electron chi connectivity index (χ4n) is 4.31. The highest BCUT2D eigenvalue weighted by atomic mass is 35.5. The van der Waals surface area contributed by atoms with Gasteiger partial charge in [-0.2, -0.15) is 0 Å². The van der Waals surface area contributed by atoms with Crippen molar-refractivity contribution in [2.45, 2.75) is 77.5 Å². The minimum atomic E-state index is -0.979. The smallest absolute Gasteiger partial charge is 0.328 e. The zero-order valence-electron chi connectivity index (χ0n) is 24.3. The average molecular weight is 592 g/mol. The summed E-state index contributed by atoms with van der Waals surface area (Å²) in [5.41, 5.74) is 0.791. The van der Waals surface area contributed by atoms with Gasteiger partial charge in [-0.25, -0.2) is 9.59 Å². The quantitative estimate of drug-likeness (QED) is 0.277. The van der Waals surface area contributed by atoms with Gasteiger partial charge < -0.3 is 31.3 Å². The van der Waals surface area contributed by atoms with Gasteiger partial charge in [-0.3, -0.25) is 14.4 Å². The van der Waals surface area contributed by atoms with E-state index < -0.39 is 48.0 Å². The van der Waals surface area contributed by atoms with Crippen LogP contribution in [0.15, 0.2) is 36.4 Å². The molecule has 12 heteroatoms. The Bertz CT molecular complexity index is 1110. The number of esters is 1. The summed E-state index contributed by atoms with van der Waals surface area (Å²) in [6, 6.07) is 3.20. The van der Waals surface area contributed by atoms with Crippen molar-refractivity contribution in [3.05, 3.63) is 47.0 Å². The van der Waals surface area contributed by atoms with E-state index in [1.807, 2.05) is 12.1 Å². The van der Waals surface area contributed by atoms with E-state index in [9.17, 15) is 24.0 Å². The van der Waals surface area contributed by atoms with Gasteiger partial charge >= 0.3 is 12.0 Å². The second-order valence-corrected chi connectivity index (χ2v) is 11.1. The number of nitrogens with one attached hydrogen (secondary N) is 5. The number of rotatable bonds is 9. The number of halogens is 1. The fourth-order valence-corrected chi connectivity index (χ4v) is 4.53. The lowest BCUT2D eigenvalue weighted by atomic mass is 10.0. The Labute approximate surface area is 246 Å². The number of carbonyl (C=O) groups is 5. The van der Waals surface area contributed by atoms with Crippen molar-refractivity contribution >= 4 is 41.3 Å². The molecular formula is C29H42ClN5O6. The third-order valence-corrected chi connectivity index (χ3v) is 7.07. The minimum absolute atomic E-state index is 0.239. The summed E-state index contributed by atoms with van der Waals surface area (Å²) in [6.45, 7) is 7.47. The SMILES string of the molecule is COC(=O)[C@@H](NC(=O)N[C@H](C(=O)N[C@H]1CCCCNC(=O)/C=C\[C@H](Cc2ccccc2Cl)NC1=O)C(C)C)C(C)C. The number of ether oxygens (including phenoxy) is 1. The Kier molecular flexibility index (Phi) is 13.6. The maximum absolute atomic E-state index is 13.4. The van der Waals surface area contributed by atoms with Gasteiger partial charge in [0.1, 0.15) is 18.1 Å². The molecule has 2 rings (SSSR count). The Morgan fingerprint density at radius 3 is 2.32 bits per heavy atom. The van der Waals surface area contributed by atoms with E-state index >= 15 is 0 Å². The van der Waals surface area contributed by atoms with Crippen molar-refractivity contribution in [1.29, 1.82) is 0 Å². The molecule has 0 aromatic heterocycles. The molecule has 0 aliphatic carbocycles. The Balaban J connectivity index is 2.19. The van der Waals surface area contributed by atoms with Crippen molar-refractivity contribution in [1.82, 2.24) is 26.6 Å². The Morgan fingerprint density at radius 2 is 1.68 bits per heavy atom. The van der Waals surface area contributed by atoms with Crippen LogP contribution in [0.2, 0.25) is 5.02 Å². The Hall–Kier alpha value is -3.60. The maximum atomic E-state index is 13.4. The first-order chi connectivity index (χ1) is 19.4. The summed E-state index contributed by atoms with van der Waals surface area (Å²) in [7, 11) is 1.23. The van der Waals surface area contributed by atoms with Gasteiger partial charge in [-0.05, 0) is 49.1 Å². The highest BCUT2D eigenvalue weighted by Crippen LogP contribution is 2.17. The molecule has 0 bridgehead atoms. The van der Waals surface area contributed by atoms with Crippen LogP contribution in [-0.2, 0) is 30.3 Å². The summed E-state index contributed by atoms with van der Waals surface area (Å²) in [6.07, 6.45) is 4.82. The van der Waals surface area contributed by atoms with Crippen LogP contribution in [0.3, 0.4) is 0 Å². The highest BCUT2D eigenvalue weighted by molar-refractivity contribution is 6.31. The van der Waals surface area contributed by atoms with Crippen LogP contribution in [0.25, 0.3) is 0 Å². The fraction of sp³-hybridized carbons (Fsp3) is 0.552. The molecule has 0 saturated carbocycles. The van der Waals surface area contributed by atoms with Crippen molar-refractivity contribution in [2.75, 3.05) is 13.7 Å². The number of amides is 5. The lowest BCUT2D eigenvalue weighted by molar-refractivity contribution is -0.144. The van der Waals surface area contributed by atoms with Crippen molar-refractivity contribution in [3.63, 3.8) is 0 Å². The summed E-state index contributed by atoms with van der Waals surface area (Å²) < 4.78 is 4.76. The first kappa shape index (κ1) is 33.6. The topological polar surface area (TPSA) is 155 Å². The van der Waals surface area contributed by atoms with Gasteiger partial charge in [0, 0.05) is 17.6 Å². The molecule has 5 amide bonds. The number of hydrogen-bond acceptors (Lipinski definition) is 6. The van der Waals surface area contributed by atoms with E-state index in [1.165, 1.54) is 13.2 Å². The lowest BCUT2D eigenvalue weighted by Gasteiger charge is -2.28. The third-order valence-electron chi connectivity index (χ3n) is 6.70. The molecule has 0 saturated heterocycles. The van der Waals surface area contributed by atoms with Crippen molar-refractivity contribution < 1.29 is 28.7 Å². The molecule has 0 spiro atoms. The van der Waals surface area contributed by atoms with E-state index in [1.54, 1.807) is 45.9 Å². The number of carbonyl (C=O) groups excluding carboxylic acids is 5. The van der Waals surface area contributed by atoms with Crippen molar-refractivity contribution in [3.8, 4) is 0 Å². The molecule has 0 radical (unpaired) electrons. The molecule has 4 atom stereocenters. The molecule has 1 aromatic carbocycles. The van der Waals surface area contributed by atoms with Crippen LogP contribution in [0.4, 0.5) is 4.79 Å². The molecule has 0 fully saturated rings. The predicted molar refractivity (Wildman–Crippen MR) is 156 cm³/mol. The zero-order chi connectivity index (χ0) is 30.5. The molecule has 1 aromatic rings. The van der Waals surface area contributed by atoms with Gasteiger partial charge in [0.05, 0.1) is 13.2 Å². The first-order valence-electron chi connectivity index (χ1n) is 13.9. The van der Waals surface area contributed by atoms with Crippen LogP contribution in [0, 0.1) is 11.8 Å². The maximum Gasteiger partial charge on any atom is 0.328 e. The number of methoxy groups -OCH3 is 1. The van der Waals surface area contributed by atoms with Gasteiger partial charge in [0.15, 0.2) is 0 Å². The Morgan fingerprint density at radius 1 is 1.02 bits per heavy atom. The summed E-state index contributed by atoms with van der Waals surface area (Å²) in [5.74, 6) is -2.37. The largest absolute Gasteiger partial charge is 0.467 e. The standard InChI is InChI=1S/C29H42ClN5O6/c1-17(2)24(34-29(40)35-25(18(3)4)28(39)41-5)27(38)33-22-12-8-9-15-31-23(36)14-13-20(32-26(22)37)16-19-10-6-7-11-21(19)30/h6-7,10-11,13-14,17-18,20,22,24-25H,8-9,12,15-16H2,1-5H3,(H,31,36)(H,32,37)(H,33,38)(H2,34,35,40)/b14-13-/t20-,22+,24+,25+/m1/s1. The van der Waals surface area contributed by atoms with E-state index in [0.29, 0.717) is 37.3 Å². The monoisotopic (exact) mass is 591 g/mol. The van der Waals surface area contributed by atoms with Crippen LogP contribution in [-0.4, -0.2) is 67.5 Å². The van der Waals surface area contributed by atoms with Crippen LogP contribution in [0.1, 0.15) is 52.5 Å². The molecular weight excluding hydrogens is 550 g/mol. The summed E-state index contributed by atoms with van der Waals surface area (Å²) in [5, 5.41) is 14.3. The highest BCUT2D eigenvalue weighted by Gasteiger charge is 2.31. The van der Waals surface area contributed by atoms with Crippen LogP contribution >= 0.6 is 11.6 Å². The zero-order valence-corrected chi connectivity index (χ0v) is 25.0. The van der Waals surface area contributed by atoms with Crippen LogP contribution in [0.5, 0.6) is 0 Å². The third kappa shape index (κ3) is 11.1. The van der Waals surface area contributed by atoms with Gasteiger partial charge in [-0.15, -0.1) is 0 Å². The second kappa shape index (κ2) is 16.6. The number of benzene rings is 1. The summed E-state index contributed by atoms with van der Waals surface area (Å²) in [4.78, 5) is 63.8. The number of urea groups is 1. The van der Waals surface area contributed by atoms with E-state index in [4.69, 9.17) is 16.3 Å². The molecule has 226 valence electrons. The normalized spacial score (nSPS) is 20.4. The lowest BCUT2D eigenvalue weighted by Crippen LogP contribution is -2.59. The molecule has 11 nitrogen and oxygen atoms in total. The molecule has 0 unspecified atom stereocenters. The van der Waals surface area contributed by atoms with Gasteiger partial charge in [-0.1, -0.05) is 63.6 Å².